The van der Waals surface area contributed by atoms with Crippen molar-refractivity contribution in [2.24, 2.45) is 0 Å². The lowest BCUT2D eigenvalue weighted by Gasteiger charge is -2.52. The smallest absolute Gasteiger partial charge is 0.162 e. The summed E-state index contributed by atoms with van der Waals surface area (Å²) in [6.45, 7) is 2.45. The van der Waals surface area contributed by atoms with Crippen molar-refractivity contribution in [2.75, 3.05) is 0 Å². The number of aliphatic hydroxyl groups is 1. The lowest BCUT2D eigenvalue weighted by molar-refractivity contribution is -0.100. The topological polar surface area (TPSA) is 23.5 Å². The molecule has 2 heterocycles. The predicted molar refractivity (Wildman–Crippen MR) is 97.6 cm³/mol. The monoisotopic (exact) mass is 357 g/mol. The third-order valence-corrected chi connectivity index (χ3v) is 6.21. The number of rotatable bonds is 3. The van der Waals surface area contributed by atoms with Gasteiger partial charge < -0.3 is 5.11 Å². The number of nitrogens with zero attached hydrogens (tertiary/aromatic N) is 1. The summed E-state index contributed by atoms with van der Waals surface area (Å²) in [4.78, 5) is 2.50. The van der Waals surface area contributed by atoms with Gasteiger partial charge in [-0.2, -0.15) is 0 Å². The van der Waals surface area contributed by atoms with Gasteiger partial charge in [0.15, 0.2) is 11.6 Å². The molecule has 2 aliphatic heterocycles. The van der Waals surface area contributed by atoms with Gasteiger partial charge in [-0.15, -0.1) is 0 Å². The highest BCUT2D eigenvalue weighted by Gasteiger charge is 2.47. The van der Waals surface area contributed by atoms with Crippen LogP contribution in [0.25, 0.3) is 0 Å². The molecular weight excluding hydrogens is 332 g/mol. The second-order valence-electron chi connectivity index (χ2n) is 7.87. The Kier molecular flexibility index (Phi) is 4.57. The highest BCUT2D eigenvalue weighted by molar-refractivity contribution is 5.34. The van der Waals surface area contributed by atoms with Crippen molar-refractivity contribution >= 4 is 0 Å². The number of hydrogen-bond donors (Lipinski definition) is 1. The molecule has 2 atom stereocenters. The molecule has 2 aromatic rings. The van der Waals surface area contributed by atoms with Gasteiger partial charge >= 0.3 is 0 Å². The van der Waals surface area contributed by atoms with Crippen LogP contribution in [0.1, 0.15) is 48.8 Å². The Morgan fingerprint density at radius 2 is 1.69 bits per heavy atom. The van der Waals surface area contributed by atoms with Crippen molar-refractivity contribution < 1.29 is 13.9 Å². The first-order valence-electron chi connectivity index (χ1n) is 9.45. The first-order chi connectivity index (χ1) is 12.5. The van der Waals surface area contributed by atoms with E-state index in [2.05, 4.69) is 29.2 Å². The van der Waals surface area contributed by atoms with Crippen molar-refractivity contribution in [3.8, 4) is 0 Å². The molecule has 0 aromatic heterocycles. The second-order valence-corrected chi connectivity index (χ2v) is 7.87. The first-order valence-corrected chi connectivity index (χ1v) is 9.45. The third kappa shape index (κ3) is 3.06. The van der Waals surface area contributed by atoms with Gasteiger partial charge in [0.2, 0.25) is 0 Å². The van der Waals surface area contributed by atoms with Crippen molar-refractivity contribution in [3.05, 3.63) is 70.8 Å². The highest BCUT2D eigenvalue weighted by Crippen LogP contribution is 2.46. The SMILES string of the molecule is Cc1c(C2(O)CC3CCCC(C2)N3Cc2ccccc2)ccc(F)c1F. The molecule has 2 unspecified atom stereocenters. The van der Waals surface area contributed by atoms with Crippen LogP contribution in [-0.2, 0) is 12.1 Å². The minimum absolute atomic E-state index is 0.238. The molecule has 2 nitrogen and oxygen atoms in total. The quantitative estimate of drug-likeness (QED) is 0.862. The molecule has 2 aromatic carbocycles. The fraction of sp³-hybridized carbons (Fsp3) is 0.455. The molecule has 4 heteroatoms. The van der Waals surface area contributed by atoms with Crippen LogP contribution in [0.4, 0.5) is 8.78 Å². The molecule has 0 radical (unpaired) electrons. The van der Waals surface area contributed by atoms with E-state index in [1.807, 2.05) is 6.07 Å². The lowest BCUT2D eigenvalue weighted by atomic mass is 9.71. The molecule has 2 saturated heterocycles. The minimum atomic E-state index is -1.08. The molecule has 1 N–H and O–H groups in total. The lowest BCUT2D eigenvalue weighted by Crippen LogP contribution is -2.56. The zero-order chi connectivity index (χ0) is 18.3. The van der Waals surface area contributed by atoms with Crippen molar-refractivity contribution in [2.45, 2.75) is 63.3 Å². The van der Waals surface area contributed by atoms with Crippen molar-refractivity contribution in [3.63, 3.8) is 0 Å². The summed E-state index contributed by atoms with van der Waals surface area (Å²) in [5, 5.41) is 11.4. The molecule has 26 heavy (non-hydrogen) atoms. The Balaban J connectivity index is 1.62. The Morgan fingerprint density at radius 1 is 1.04 bits per heavy atom. The normalized spacial score (nSPS) is 28.9. The third-order valence-electron chi connectivity index (χ3n) is 6.21. The van der Waals surface area contributed by atoms with Gasteiger partial charge in [-0.25, -0.2) is 8.78 Å². The van der Waals surface area contributed by atoms with Crippen molar-refractivity contribution in [1.29, 1.82) is 0 Å². The molecule has 2 aliphatic rings. The van der Waals surface area contributed by atoms with Crippen LogP contribution in [0.2, 0.25) is 0 Å². The number of hydrogen-bond acceptors (Lipinski definition) is 2. The van der Waals surface area contributed by atoms with Gasteiger partial charge in [-0.3, -0.25) is 4.90 Å². The molecule has 0 aliphatic carbocycles. The van der Waals surface area contributed by atoms with Gasteiger partial charge in [-0.1, -0.05) is 42.8 Å². The van der Waals surface area contributed by atoms with Crippen LogP contribution in [0.5, 0.6) is 0 Å². The average molecular weight is 357 g/mol. The van der Waals surface area contributed by atoms with E-state index in [1.54, 1.807) is 13.0 Å². The standard InChI is InChI=1S/C22H25F2NO/c1-15-19(10-11-20(23)21(15)24)22(26)12-17-8-5-9-18(13-22)25(17)14-16-6-3-2-4-7-16/h2-4,6-7,10-11,17-18,26H,5,8-9,12-14H2,1H3. The van der Waals surface area contributed by atoms with Gasteiger partial charge in [0.1, 0.15) is 0 Å². The maximum Gasteiger partial charge on any atom is 0.162 e. The molecular formula is C22H25F2NO. The summed E-state index contributed by atoms with van der Waals surface area (Å²) in [5.74, 6) is -1.69. The van der Waals surface area contributed by atoms with Gasteiger partial charge in [0.05, 0.1) is 5.60 Å². The summed E-state index contributed by atoms with van der Waals surface area (Å²) >= 11 is 0. The fourth-order valence-electron chi connectivity index (χ4n) is 4.95. The van der Waals surface area contributed by atoms with Gasteiger partial charge in [0, 0.05) is 18.6 Å². The van der Waals surface area contributed by atoms with Crippen LogP contribution in [0, 0.1) is 18.6 Å². The van der Waals surface area contributed by atoms with Crippen LogP contribution in [0.15, 0.2) is 42.5 Å². The summed E-state index contributed by atoms with van der Waals surface area (Å²) in [6, 6.07) is 13.6. The zero-order valence-corrected chi connectivity index (χ0v) is 15.1. The van der Waals surface area contributed by atoms with Gasteiger partial charge in [0.25, 0.3) is 0 Å². The van der Waals surface area contributed by atoms with E-state index < -0.39 is 17.2 Å². The highest BCUT2D eigenvalue weighted by atomic mass is 19.2. The van der Waals surface area contributed by atoms with Gasteiger partial charge in [-0.05, 0) is 55.4 Å². The Morgan fingerprint density at radius 3 is 2.35 bits per heavy atom. The number of fused-ring (bicyclic) bond motifs is 2. The van der Waals surface area contributed by atoms with E-state index in [4.69, 9.17) is 0 Å². The van der Waals surface area contributed by atoms with E-state index in [0.717, 1.165) is 31.9 Å². The number of piperidine rings is 2. The number of benzene rings is 2. The maximum absolute atomic E-state index is 14.1. The van der Waals surface area contributed by atoms with E-state index >= 15 is 0 Å². The molecule has 138 valence electrons. The fourth-order valence-corrected chi connectivity index (χ4v) is 4.95. The number of halogens is 2. The Hall–Kier alpha value is -1.78. The van der Waals surface area contributed by atoms with Crippen LogP contribution in [-0.4, -0.2) is 22.1 Å². The predicted octanol–water partition coefficient (Wildman–Crippen LogP) is 4.68. The second kappa shape index (κ2) is 6.75. The average Bonchev–Trinajstić information content (AvgIpc) is 2.61. The maximum atomic E-state index is 14.1. The summed E-state index contributed by atoms with van der Waals surface area (Å²) in [6.07, 6.45) is 4.38. The summed E-state index contributed by atoms with van der Waals surface area (Å²) in [7, 11) is 0. The minimum Gasteiger partial charge on any atom is -0.385 e. The van der Waals surface area contributed by atoms with Crippen LogP contribution >= 0.6 is 0 Å². The van der Waals surface area contributed by atoms with E-state index in [9.17, 15) is 13.9 Å². The summed E-state index contributed by atoms with van der Waals surface area (Å²) < 4.78 is 27.6. The molecule has 0 spiro atoms. The largest absolute Gasteiger partial charge is 0.385 e. The van der Waals surface area contributed by atoms with Crippen molar-refractivity contribution in [1.82, 2.24) is 4.90 Å². The van der Waals surface area contributed by atoms with E-state index in [1.165, 1.54) is 5.56 Å². The van der Waals surface area contributed by atoms with Crippen LogP contribution in [0.3, 0.4) is 0 Å². The van der Waals surface area contributed by atoms with E-state index in [-0.39, 0.29) is 17.6 Å². The molecule has 4 rings (SSSR count). The zero-order valence-electron chi connectivity index (χ0n) is 15.1. The van der Waals surface area contributed by atoms with E-state index in [0.29, 0.717) is 18.4 Å². The Labute approximate surface area is 153 Å². The van der Waals surface area contributed by atoms with Crippen LogP contribution < -0.4 is 0 Å². The Bertz CT molecular complexity index is 778. The summed E-state index contributed by atoms with van der Waals surface area (Å²) in [5.41, 5.74) is 0.982. The molecule has 0 saturated carbocycles. The first kappa shape index (κ1) is 17.6. The molecule has 2 fully saturated rings. The molecule has 2 bridgehead atoms. The molecule has 0 amide bonds.